The summed E-state index contributed by atoms with van der Waals surface area (Å²) >= 11 is 0. The number of carbonyl (C=O) groups is 1. The zero-order chi connectivity index (χ0) is 14.8. The van der Waals surface area contributed by atoms with E-state index in [1.807, 2.05) is 6.08 Å². The molecule has 1 aliphatic carbocycles. The first-order chi connectivity index (χ1) is 9.33. The summed E-state index contributed by atoms with van der Waals surface area (Å²) < 4.78 is 24.5. The molecular formula is C13H17N3O3S. The summed E-state index contributed by atoms with van der Waals surface area (Å²) in [4.78, 5) is 11.9. The maximum Gasteiger partial charge on any atom is 0.231 e. The van der Waals surface area contributed by atoms with E-state index in [1.54, 1.807) is 30.3 Å². The molecule has 0 aliphatic heterocycles. The lowest BCUT2D eigenvalue weighted by Crippen LogP contribution is -2.23. The van der Waals surface area contributed by atoms with E-state index in [0.717, 1.165) is 6.26 Å². The number of nitrogens with one attached hydrogen (secondary N) is 2. The maximum atomic E-state index is 11.9. The molecule has 2 rings (SSSR count). The molecule has 2 unspecified atom stereocenters. The highest BCUT2D eigenvalue weighted by atomic mass is 32.2. The quantitative estimate of drug-likeness (QED) is 0.718. The summed E-state index contributed by atoms with van der Waals surface area (Å²) in [7, 11) is -3.29. The van der Waals surface area contributed by atoms with Crippen molar-refractivity contribution in [2.75, 3.05) is 16.3 Å². The van der Waals surface area contributed by atoms with Gasteiger partial charge in [-0.15, -0.1) is 0 Å². The van der Waals surface area contributed by atoms with Crippen molar-refractivity contribution in [1.29, 1.82) is 0 Å². The first-order valence-corrected chi connectivity index (χ1v) is 8.05. The second kappa shape index (κ2) is 5.64. The van der Waals surface area contributed by atoms with E-state index in [1.165, 1.54) is 0 Å². The van der Waals surface area contributed by atoms with Crippen LogP contribution >= 0.6 is 0 Å². The molecule has 0 saturated heterocycles. The molecule has 108 valence electrons. The maximum absolute atomic E-state index is 11.9. The van der Waals surface area contributed by atoms with Gasteiger partial charge in [0.1, 0.15) is 0 Å². The number of hydrogen-bond donors (Lipinski definition) is 3. The Morgan fingerprint density at radius 3 is 2.30 bits per heavy atom. The standard InChI is InChI=1S/C13H17N3O3S/c1-20(18,19)16-12-6-4-11(5-7-12)15-13(17)9-2-3-10(14)8-9/h2-7,9-10,16H,8,14H2,1H3,(H,15,17). The van der Waals surface area contributed by atoms with Crippen molar-refractivity contribution in [2.24, 2.45) is 11.7 Å². The summed E-state index contributed by atoms with van der Waals surface area (Å²) in [5.41, 5.74) is 6.77. The molecule has 1 aromatic carbocycles. The number of carbonyl (C=O) groups excluding carboxylic acids is 1. The number of nitrogens with two attached hydrogens (primary N) is 1. The van der Waals surface area contributed by atoms with E-state index in [-0.39, 0.29) is 17.9 Å². The largest absolute Gasteiger partial charge is 0.326 e. The fourth-order valence-corrected chi connectivity index (χ4v) is 2.56. The minimum atomic E-state index is -3.29. The van der Waals surface area contributed by atoms with Crippen molar-refractivity contribution >= 4 is 27.3 Å². The lowest BCUT2D eigenvalue weighted by Gasteiger charge is -2.11. The predicted molar refractivity (Wildman–Crippen MR) is 78.8 cm³/mol. The summed E-state index contributed by atoms with van der Waals surface area (Å²) in [6.45, 7) is 0. The lowest BCUT2D eigenvalue weighted by atomic mass is 10.1. The third-order valence-corrected chi connectivity index (χ3v) is 3.52. The van der Waals surface area contributed by atoms with Gasteiger partial charge >= 0.3 is 0 Å². The molecule has 0 bridgehead atoms. The Balaban J connectivity index is 1.97. The van der Waals surface area contributed by atoms with Crippen molar-refractivity contribution in [3.05, 3.63) is 36.4 Å². The Labute approximate surface area is 118 Å². The van der Waals surface area contributed by atoms with E-state index >= 15 is 0 Å². The minimum Gasteiger partial charge on any atom is -0.326 e. The van der Waals surface area contributed by atoms with Crippen LogP contribution in [0.1, 0.15) is 6.42 Å². The van der Waals surface area contributed by atoms with Gasteiger partial charge in [0.15, 0.2) is 0 Å². The van der Waals surface area contributed by atoms with E-state index in [4.69, 9.17) is 5.73 Å². The van der Waals surface area contributed by atoms with Gasteiger partial charge in [-0.1, -0.05) is 12.2 Å². The third-order valence-electron chi connectivity index (χ3n) is 2.91. The van der Waals surface area contributed by atoms with Crippen LogP contribution < -0.4 is 15.8 Å². The van der Waals surface area contributed by atoms with Gasteiger partial charge in [0.2, 0.25) is 15.9 Å². The van der Waals surface area contributed by atoms with Gasteiger partial charge in [-0.2, -0.15) is 0 Å². The number of amides is 1. The van der Waals surface area contributed by atoms with Crippen molar-refractivity contribution < 1.29 is 13.2 Å². The molecule has 4 N–H and O–H groups in total. The van der Waals surface area contributed by atoms with Crippen LogP contribution in [0.5, 0.6) is 0 Å². The van der Waals surface area contributed by atoms with Gasteiger partial charge in [0.05, 0.1) is 12.2 Å². The predicted octanol–water partition coefficient (Wildman–Crippen LogP) is 0.900. The molecule has 0 saturated carbocycles. The molecule has 20 heavy (non-hydrogen) atoms. The smallest absolute Gasteiger partial charge is 0.231 e. The van der Waals surface area contributed by atoms with E-state index in [2.05, 4.69) is 10.0 Å². The Morgan fingerprint density at radius 1 is 1.20 bits per heavy atom. The highest BCUT2D eigenvalue weighted by molar-refractivity contribution is 7.92. The second-order valence-corrected chi connectivity index (χ2v) is 6.58. The van der Waals surface area contributed by atoms with Gasteiger partial charge in [-0.3, -0.25) is 9.52 Å². The number of benzene rings is 1. The molecule has 0 fully saturated rings. The molecule has 0 aromatic heterocycles. The Hall–Kier alpha value is -1.86. The molecule has 7 heteroatoms. The van der Waals surface area contributed by atoms with Gasteiger partial charge in [0.25, 0.3) is 0 Å². The zero-order valence-corrected chi connectivity index (χ0v) is 11.9. The molecular weight excluding hydrogens is 278 g/mol. The Morgan fingerprint density at radius 2 is 1.80 bits per heavy atom. The molecule has 2 atom stereocenters. The fourth-order valence-electron chi connectivity index (χ4n) is 1.99. The average molecular weight is 295 g/mol. The normalized spacial score (nSPS) is 21.7. The number of hydrogen-bond acceptors (Lipinski definition) is 4. The van der Waals surface area contributed by atoms with Crippen molar-refractivity contribution in [1.82, 2.24) is 0 Å². The SMILES string of the molecule is CS(=O)(=O)Nc1ccc(NC(=O)C2C=CC(N)C2)cc1. The average Bonchev–Trinajstić information content (AvgIpc) is 2.77. The molecule has 0 heterocycles. The summed E-state index contributed by atoms with van der Waals surface area (Å²) in [5.74, 6) is -0.322. The molecule has 0 radical (unpaired) electrons. The molecule has 0 spiro atoms. The second-order valence-electron chi connectivity index (χ2n) is 4.83. The van der Waals surface area contributed by atoms with Gasteiger partial charge in [0, 0.05) is 17.4 Å². The van der Waals surface area contributed by atoms with Crippen LogP contribution in [0.25, 0.3) is 0 Å². The van der Waals surface area contributed by atoms with Crippen LogP contribution in [0.15, 0.2) is 36.4 Å². The van der Waals surface area contributed by atoms with E-state index in [9.17, 15) is 13.2 Å². The van der Waals surface area contributed by atoms with Crippen molar-refractivity contribution in [2.45, 2.75) is 12.5 Å². The minimum absolute atomic E-state index is 0.0629. The monoisotopic (exact) mass is 295 g/mol. The molecule has 6 nitrogen and oxygen atoms in total. The molecule has 1 amide bonds. The highest BCUT2D eigenvalue weighted by Crippen LogP contribution is 2.20. The third kappa shape index (κ3) is 4.07. The van der Waals surface area contributed by atoms with Crippen molar-refractivity contribution in [3.8, 4) is 0 Å². The number of sulfonamides is 1. The number of rotatable bonds is 4. The summed E-state index contributed by atoms with van der Waals surface area (Å²) in [5, 5.41) is 2.77. The fraction of sp³-hybridized carbons (Fsp3) is 0.308. The van der Waals surface area contributed by atoms with Crippen LogP contribution in [-0.4, -0.2) is 26.6 Å². The lowest BCUT2D eigenvalue weighted by molar-refractivity contribution is -0.118. The van der Waals surface area contributed by atoms with Crippen LogP contribution in [0.4, 0.5) is 11.4 Å². The summed E-state index contributed by atoms with van der Waals surface area (Å²) in [6, 6.07) is 6.40. The number of anilines is 2. The first kappa shape index (κ1) is 14.5. The van der Waals surface area contributed by atoms with Crippen molar-refractivity contribution in [3.63, 3.8) is 0 Å². The summed E-state index contributed by atoms with van der Waals surface area (Å²) in [6.07, 6.45) is 5.32. The molecule has 1 aliphatic rings. The van der Waals surface area contributed by atoms with Crippen LogP contribution in [0, 0.1) is 5.92 Å². The van der Waals surface area contributed by atoms with Gasteiger partial charge in [-0.25, -0.2) is 8.42 Å². The van der Waals surface area contributed by atoms with Crippen LogP contribution in [-0.2, 0) is 14.8 Å². The topological polar surface area (TPSA) is 101 Å². The van der Waals surface area contributed by atoms with E-state index < -0.39 is 10.0 Å². The zero-order valence-electron chi connectivity index (χ0n) is 11.0. The van der Waals surface area contributed by atoms with Crippen LogP contribution in [0.2, 0.25) is 0 Å². The van der Waals surface area contributed by atoms with Gasteiger partial charge in [-0.05, 0) is 30.7 Å². The Kier molecular flexibility index (Phi) is 4.10. The molecule has 1 aromatic rings. The van der Waals surface area contributed by atoms with E-state index in [0.29, 0.717) is 17.8 Å². The first-order valence-electron chi connectivity index (χ1n) is 6.16. The highest BCUT2D eigenvalue weighted by Gasteiger charge is 2.22. The Bertz CT molecular complexity index is 623. The van der Waals surface area contributed by atoms with Gasteiger partial charge < -0.3 is 11.1 Å². The van der Waals surface area contributed by atoms with Crippen LogP contribution in [0.3, 0.4) is 0 Å².